The fourth-order valence-corrected chi connectivity index (χ4v) is 8.92. The summed E-state index contributed by atoms with van der Waals surface area (Å²) in [6, 6.07) is 0. The maximum Gasteiger partial charge on any atom is 0.306 e. The summed E-state index contributed by atoms with van der Waals surface area (Å²) in [6.07, 6.45) is 56.7. The van der Waals surface area contributed by atoms with Crippen LogP contribution in [0, 0.1) is 5.92 Å². The van der Waals surface area contributed by atoms with E-state index in [9.17, 15) is 14.4 Å². The molecule has 6 nitrogen and oxygen atoms in total. The highest BCUT2D eigenvalue weighted by Gasteiger charge is 2.19. The molecule has 0 saturated carbocycles. The zero-order valence-corrected chi connectivity index (χ0v) is 43.8. The van der Waals surface area contributed by atoms with Crippen LogP contribution in [0.15, 0.2) is 0 Å². The van der Waals surface area contributed by atoms with Gasteiger partial charge in [0, 0.05) is 19.3 Å². The van der Waals surface area contributed by atoms with Crippen LogP contribution in [-0.4, -0.2) is 37.2 Å². The van der Waals surface area contributed by atoms with Gasteiger partial charge in [-0.3, -0.25) is 14.4 Å². The smallest absolute Gasteiger partial charge is 0.306 e. The van der Waals surface area contributed by atoms with Crippen molar-refractivity contribution in [2.24, 2.45) is 5.92 Å². The van der Waals surface area contributed by atoms with Gasteiger partial charge in [0.1, 0.15) is 13.2 Å². The molecule has 0 spiro atoms. The van der Waals surface area contributed by atoms with Crippen molar-refractivity contribution in [1.82, 2.24) is 0 Å². The lowest BCUT2D eigenvalue weighted by molar-refractivity contribution is -0.167. The van der Waals surface area contributed by atoms with Gasteiger partial charge in [0.2, 0.25) is 0 Å². The second kappa shape index (κ2) is 52.4. The number of esters is 3. The Kier molecular flexibility index (Phi) is 51.1. The van der Waals surface area contributed by atoms with Crippen LogP contribution >= 0.6 is 0 Å². The van der Waals surface area contributed by atoms with Crippen LogP contribution < -0.4 is 0 Å². The minimum atomic E-state index is -0.761. The average molecular weight is 906 g/mol. The summed E-state index contributed by atoms with van der Waals surface area (Å²) >= 11 is 0. The lowest BCUT2D eigenvalue weighted by atomic mass is 10.0. The SMILES string of the molecule is CCCCCCCCCCCCCCCCCCCCCC(=O)OC[C@H](COC(=O)CCCCCCCCCCCC)OC(=O)CCCCCCCCCCCCCCCCC(C)C. The molecule has 1 atom stereocenters. The van der Waals surface area contributed by atoms with Gasteiger partial charge in [-0.05, 0) is 25.2 Å². The van der Waals surface area contributed by atoms with E-state index >= 15 is 0 Å². The monoisotopic (exact) mass is 905 g/mol. The standard InChI is InChI=1S/C58H112O6/c1-5-7-9-11-13-15-17-18-19-20-21-22-23-27-30-34-38-42-46-50-57(60)63-53-55(52-62-56(59)49-45-41-37-33-16-14-12-10-8-6-2)64-58(61)51-47-43-39-35-31-28-25-24-26-29-32-36-40-44-48-54(3)4/h54-55H,5-53H2,1-4H3/t55-/m0/s1. The molecule has 0 fully saturated rings. The summed E-state index contributed by atoms with van der Waals surface area (Å²) in [5.74, 6) is 0.00549. The second-order valence-corrected chi connectivity index (χ2v) is 20.4. The van der Waals surface area contributed by atoms with Crippen LogP contribution in [0.4, 0.5) is 0 Å². The Hall–Kier alpha value is -1.59. The van der Waals surface area contributed by atoms with Crippen molar-refractivity contribution in [2.45, 2.75) is 336 Å². The summed E-state index contributed by atoms with van der Waals surface area (Å²) in [5, 5.41) is 0. The van der Waals surface area contributed by atoms with E-state index < -0.39 is 6.10 Å². The Bertz CT molecular complexity index is 964. The molecule has 0 aliphatic carbocycles. The Balaban J connectivity index is 4.23. The Labute approximate surface area is 399 Å². The van der Waals surface area contributed by atoms with Gasteiger partial charge in [0.05, 0.1) is 0 Å². The Morgan fingerprint density at radius 3 is 0.766 bits per heavy atom. The van der Waals surface area contributed by atoms with Gasteiger partial charge in [0.25, 0.3) is 0 Å². The van der Waals surface area contributed by atoms with E-state index in [-0.39, 0.29) is 31.1 Å². The first kappa shape index (κ1) is 62.4. The van der Waals surface area contributed by atoms with Crippen molar-refractivity contribution in [1.29, 1.82) is 0 Å². The molecule has 6 heteroatoms. The molecule has 0 bridgehead atoms. The molecule has 0 aromatic heterocycles. The molecule has 0 unspecified atom stereocenters. The van der Waals surface area contributed by atoms with Crippen molar-refractivity contribution in [3.05, 3.63) is 0 Å². The van der Waals surface area contributed by atoms with E-state index in [1.807, 2.05) is 0 Å². The van der Waals surface area contributed by atoms with E-state index in [2.05, 4.69) is 27.7 Å². The highest BCUT2D eigenvalue weighted by atomic mass is 16.6. The molecule has 0 aliphatic heterocycles. The van der Waals surface area contributed by atoms with E-state index in [0.29, 0.717) is 19.3 Å². The molecule has 0 aromatic carbocycles. The number of ether oxygens (including phenoxy) is 3. The van der Waals surface area contributed by atoms with E-state index in [1.165, 1.54) is 225 Å². The van der Waals surface area contributed by atoms with Crippen LogP contribution in [0.5, 0.6) is 0 Å². The number of rotatable bonds is 53. The van der Waals surface area contributed by atoms with Gasteiger partial charge in [-0.1, -0.05) is 291 Å². The average Bonchev–Trinajstić information content (AvgIpc) is 3.28. The summed E-state index contributed by atoms with van der Waals surface area (Å²) in [5.41, 5.74) is 0. The first-order chi connectivity index (χ1) is 31.4. The van der Waals surface area contributed by atoms with Gasteiger partial charge in [0.15, 0.2) is 6.10 Å². The van der Waals surface area contributed by atoms with Crippen molar-refractivity contribution in [2.75, 3.05) is 13.2 Å². The largest absolute Gasteiger partial charge is 0.462 e. The zero-order chi connectivity index (χ0) is 46.7. The molecule has 0 radical (unpaired) electrons. The molecule has 0 amide bonds. The zero-order valence-electron chi connectivity index (χ0n) is 43.8. The summed E-state index contributed by atoms with van der Waals surface area (Å²) in [6.45, 7) is 9.05. The molecule has 0 N–H and O–H groups in total. The number of hydrogen-bond donors (Lipinski definition) is 0. The fourth-order valence-electron chi connectivity index (χ4n) is 8.92. The maximum absolute atomic E-state index is 12.8. The highest BCUT2D eigenvalue weighted by molar-refractivity contribution is 5.71. The maximum atomic E-state index is 12.8. The van der Waals surface area contributed by atoms with Gasteiger partial charge < -0.3 is 14.2 Å². The lowest BCUT2D eigenvalue weighted by Crippen LogP contribution is -2.30. The molecular weight excluding hydrogens is 793 g/mol. The molecular formula is C58H112O6. The Morgan fingerprint density at radius 2 is 0.516 bits per heavy atom. The molecule has 64 heavy (non-hydrogen) atoms. The highest BCUT2D eigenvalue weighted by Crippen LogP contribution is 2.18. The van der Waals surface area contributed by atoms with Crippen molar-refractivity contribution in [3.63, 3.8) is 0 Å². The van der Waals surface area contributed by atoms with Crippen LogP contribution in [0.25, 0.3) is 0 Å². The van der Waals surface area contributed by atoms with Crippen LogP contribution in [0.2, 0.25) is 0 Å². The molecule has 0 rings (SSSR count). The minimum absolute atomic E-state index is 0.0620. The molecule has 380 valence electrons. The van der Waals surface area contributed by atoms with Gasteiger partial charge in [-0.15, -0.1) is 0 Å². The number of carbonyl (C=O) groups is 3. The number of unbranched alkanes of at least 4 members (excludes halogenated alkanes) is 40. The third-order valence-corrected chi connectivity index (χ3v) is 13.3. The predicted octanol–water partition coefficient (Wildman–Crippen LogP) is 19.0. The van der Waals surface area contributed by atoms with E-state index in [0.717, 1.165) is 63.7 Å². The quantitative estimate of drug-likeness (QED) is 0.0344. The summed E-state index contributed by atoms with van der Waals surface area (Å²) < 4.78 is 16.9. The van der Waals surface area contributed by atoms with Crippen molar-refractivity contribution < 1.29 is 28.6 Å². The van der Waals surface area contributed by atoms with Crippen LogP contribution in [-0.2, 0) is 28.6 Å². The van der Waals surface area contributed by atoms with Gasteiger partial charge >= 0.3 is 17.9 Å². The Morgan fingerprint density at radius 1 is 0.297 bits per heavy atom. The van der Waals surface area contributed by atoms with Crippen LogP contribution in [0.3, 0.4) is 0 Å². The topological polar surface area (TPSA) is 78.9 Å². The molecule has 0 aromatic rings. The van der Waals surface area contributed by atoms with E-state index in [1.54, 1.807) is 0 Å². The third-order valence-electron chi connectivity index (χ3n) is 13.3. The molecule has 0 saturated heterocycles. The summed E-state index contributed by atoms with van der Waals surface area (Å²) in [4.78, 5) is 38.1. The lowest BCUT2D eigenvalue weighted by Gasteiger charge is -2.18. The fraction of sp³-hybridized carbons (Fsp3) is 0.948. The minimum Gasteiger partial charge on any atom is -0.462 e. The predicted molar refractivity (Wildman–Crippen MR) is 275 cm³/mol. The van der Waals surface area contributed by atoms with Crippen LogP contribution in [0.1, 0.15) is 329 Å². The molecule has 0 aliphatic rings. The van der Waals surface area contributed by atoms with Gasteiger partial charge in [-0.25, -0.2) is 0 Å². The number of hydrogen-bond acceptors (Lipinski definition) is 6. The first-order valence-electron chi connectivity index (χ1n) is 28.9. The van der Waals surface area contributed by atoms with E-state index in [4.69, 9.17) is 14.2 Å². The number of carbonyl (C=O) groups excluding carboxylic acids is 3. The second-order valence-electron chi connectivity index (χ2n) is 20.4. The first-order valence-corrected chi connectivity index (χ1v) is 28.9. The van der Waals surface area contributed by atoms with Crippen molar-refractivity contribution >= 4 is 17.9 Å². The molecule has 0 heterocycles. The normalized spacial score (nSPS) is 12.0. The van der Waals surface area contributed by atoms with Gasteiger partial charge in [-0.2, -0.15) is 0 Å². The summed E-state index contributed by atoms with van der Waals surface area (Å²) in [7, 11) is 0. The third kappa shape index (κ3) is 51.4. The van der Waals surface area contributed by atoms with Crippen molar-refractivity contribution in [3.8, 4) is 0 Å².